The van der Waals surface area contributed by atoms with E-state index in [-0.39, 0.29) is 0 Å². The zero-order valence-electron chi connectivity index (χ0n) is 64.7. The van der Waals surface area contributed by atoms with Crippen LogP contribution in [0.15, 0.2) is 347 Å². The fraction of sp³-hybridized carbons (Fsp3) is 0.106. The molecule has 0 unspecified atom stereocenters. The molecule has 0 aliphatic rings. The van der Waals surface area contributed by atoms with E-state index >= 15 is 0 Å². The number of benzene rings is 12. The molecule has 0 saturated carbocycles. The lowest BCUT2D eigenvalue weighted by Gasteiger charge is -2.12. The van der Waals surface area contributed by atoms with Crippen molar-refractivity contribution in [3.8, 4) is 73.8 Å². The molecule has 586 valence electrons. The van der Waals surface area contributed by atoms with Crippen LogP contribution in [0.2, 0.25) is 0 Å². The van der Waals surface area contributed by atoms with Crippen molar-refractivity contribution < 1.29 is 41.4 Å². The molecular formula is C94H76N16O9. The Hall–Kier alpha value is -15.9. The van der Waals surface area contributed by atoms with E-state index in [1.807, 2.05) is 243 Å². The summed E-state index contributed by atoms with van der Waals surface area (Å²) in [7, 11) is 1.64. The predicted octanol–water partition coefficient (Wildman–Crippen LogP) is 19.2. The summed E-state index contributed by atoms with van der Waals surface area (Å²) in [6.07, 6.45) is 5.31. The maximum absolute atomic E-state index is 6.15. The maximum Gasteiger partial charge on any atom is 0.237 e. The second-order valence-electron chi connectivity index (χ2n) is 27.4. The molecule has 0 aliphatic heterocycles. The topological polar surface area (TPSA) is 273 Å². The van der Waals surface area contributed by atoms with Crippen LogP contribution < -0.4 is 23.7 Å². The fourth-order valence-corrected chi connectivity index (χ4v) is 13.7. The van der Waals surface area contributed by atoms with Crippen molar-refractivity contribution in [2.75, 3.05) is 7.11 Å². The third-order valence-corrected chi connectivity index (χ3v) is 19.5. The highest BCUT2D eigenvalue weighted by atomic mass is 16.5. The fourth-order valence-electron chi connectivity index (χ4n) is 13.7. The zero-order chi connectivity index (χ0) is 80.3. The van der Waals surface area contributed by atoms with Crippen molar-refractivity contribution in [1.29, 1.82) is 0 Å². The number of aromatic nitrogens is 16. The van der Waals surface area contributed by atoms with Crippen LogP contribution in [0, 0.1) is 6.92 Å². The molecule has 20 aromatic rings. The number of hydrogen-bond acceptors (Lipinski definition) is 21. The summed E-state index contributed by atoms with van der Waals surface area (Å²) < 4.78 is 58.5. The third kappa shape index (κ3) is 18.2. The van der Waals surface area contributed by atoms with Crippen molar-refractivity contribution in [1.82, 2.24) is 79.9 Å². The van der Waals surface area contributed by atoms with Crippen molar-refractivity contribution in [3.05, 3.63) is 380 Å². The van der Waals surface area contributed by atoms with Crippen LogP contribution in [0.25, 0.3) is 88.6 Å². The van der Waals surface area contributed by atoms with Crippen LogP contribution in [0.1, 0.15) is 51.4 Å². The van der Waals surface area contributed by atoms with E-state index in [0.29, 0.717) is 87.7 Å². The number of methoxy groups -OCH3 is 1. The van der Waals surface area contributed by atoms with Gasteiger partial charge < -0.3 is 41.4 Å². The minimum Gasteiger partial charge on any atom is -0.493 e. The van der Waals surface area contributed by atoms with Crippen molar-refractivity contribution >= 4 is 43.6 Å². The Kier molecular flexibility index (Phi) is 23.2. The SMILES string of the molecule is COc1ccc(-c2nn(Cc3nnco3)c3ccccc23)cc1OCc1ccccc1.Cc1ccc(-c2nn(Cc3nnco3)c3ccccc23)cc1OCc1ccccc1.c1ccc(COc2ccc(-c3nn(Cc4nnco4)c4ccccc34)cc2)cc1.c1ccc(COc2ccccc2-c2nn(Cc3nnco3)c3ccccc23)cc1. The Bertz CT molecular complexity index is 6620. The molecule has 12 aromatic carbocycles. The number of nitrogens with zero attached hydrogens (tertiary/aromatic N) is 16. The van der Waals surface area contributed by atoms with E-state index in [1.54, 1.807) is 7.11 Å². The first-order valence-corrected chi connectivity index (χ1v) is 38.3. The van der Waals surface area contributed by atoms with Gasteiger partial charge in [0.1, 0.15) is 92.6 Å². The van der Waals surface area contributed by atoms with Crippen LogP contribution in [-0.4, -0.2) is 87.0 Å². The molecule has 0 radical (unpaired) electrons. The number of rotatable bonds is 25. The standard InChI is InChI=1S/C24H20N4O3.C24H20N4O2.2C23H18N4O2/c1-29-21-12-11-18(13-22(21)30-15-17-7-3-2-4-8-17)24-19-9-5-6-10-20(19)28(27-24)14-23-26-25-16-31-23;1-17-11-12-19(13-22(17)29-15-18-7-3-2-4-8-18)24-20-9-5-6-10-21(20)28(27-24)14-23-26-25-16-30-23;1-2-8-17(9-3-1)15-28-21-13-7-5-11-19(21)23-18-10-4-6-12-20(18)27(26-23)14-22-25-24-16-29-22;1-2-6-17(7-3-1)15-28-19-12-10-18(11-13-19)23-20-8-4-5-9-21(20)27(26-23)14-22-25-24-16-29-22/h2-13,16H,14-15H2,1H3;2-13,16H,14-15H2,1H3;2*1-13,16H,14-15H2. The van der Waals surface area contributed by atoms with Gasteiger partial charge in [0, 0.05) is 43.8 Å². The van der Waals surface area contributed by atoms with Crippen molar-refractivity contribution in [3.63, 3.8) is 0 Å². The average Bonchev–Trinajstić information content (AvgIpc) is 1.65. The van der Waals surface area contributed by atoms with Gasteiger partial charge in [-0.25, -0.2) is 0 Å². The normalized spacial score (nSPS) is 11.0. The second kappa shape index (κ2) is 36.5. The molecule has 0 spiro atoms. The first kappa shape index (κ1) is 75.7. The highest BCUT2D eigenvalue weighted by Gasteiger charge is 2.22. The second-order valence-corrected chi connectivity index (χ2v) is 27.4. The van der Waals surface area contributed by atoms with Crippen molar-refractivity contribution in [2.45, 2.75) is 59.5 Å². The lowest BCUT2D eigenvalue weighted by molar-refractivity contribution is 0.284. The van der Waals surface area contributed by atoms with Gasteiger partial charge in [0.05, 0.1) is 29.2 Å². The Morgan fingerprint density at radius 1 is 0.277 bits per heavy atom. The molecule has 0 saturated heterocycles. The van der Waals surface area contributed by atoms with E-state index in [4.69, 9.17) is 61.7 Å². The number of fused-ring (bicyclic) bond motifs is 4. The maximum atomic E-state index is 6.15. The highest BCUT2D eigenvalue weighted by molar-refractivity contribution is 5.97. The molecule has 0 atom stereocenters. The monoisotopic (exact) mass is 1570 g/mol. The molecular weight excluding hydrogens is 1500 g/mol. The molecule has 25 nitrogen and oxygen atoms in total. The van der Waals surface area contributed by atoms with E-state index in [0.717, 1.165) is 134 Å². The Balaban J connectivity index is 0.000000113. The zero-order valence-corrected chi connectivity index (χ0v) is 64.7. The summed E-state index contributed by atoms with van der Waals surface area (Å²) in [5, 5.41) is 54.5. The molecule has 0 N–H and O–H groups in total. The van der Waals surface area contributed by atoms with Gasteiger partial charge in [0.15, 0.2) is 11.5 Å². The molecule has 119 heavy (non-hydrogen) atoms. The van der Waals surface area contributed by atoms with Crippen LogP contribution in [0.5, 0.6) is 28.7 Å². The highest BCUT2D eigenvalue weighted by Crippen LogP contribution is 2.39. The van der Waals surface area contributed by atoms with Crippen LogP contribution in [0.3, 0.4) is 0 Å². The van der Waals surface area contributed by atoms with Gasteiger partial charge in [-0.3, -0.25) is 18.7 Å². The minimum atomic E-state index is 0.397. The lowest BCUT2D eigenvalue weighted by atomic mass is 10.1. The Morgan fingerprint density at radius 3 is 1.00 bits per heavy atom. The first-order valence-electron chi connectivity index (χ1n) is 38.3. The molecule has 8 heterocycles. The first-order chi connectivity index (χ1) is 58.8. The van der Waals surface area contributed by atoms with Gasteiger partial charge in [-0.05, 0) is 120 Å². The molecule has 20 rings (SSSR count). The van der Waals surface area contributed by atoms with E-state index in [9.17, 15) is 0 Å². The van der Waals surface area contributed by atoms with Gasteiger partial charge >= 0.3 is 0 Å². The Labute approximate surface area is 681 Å². The number of aryl methyl sites for hydroxylation is 1. The molecule has 0 fully saturated rings. The van der Waals surface area contributed by atoms with Crippen LogP contribution in [0.4, 0.5) is 0 Å². The summed E-state index contributed by atoms with van der Waals surface area (Å²) >= 11 is 0. The van der Waals surface area contributed by atoms with Gasteiger partial charge in [0.25, 0.3) is 0 Å². The van der Waals surface area contributed by atoms with Gasteiger partial charge in [-0.15, -0.1) is 40.8 Å². The molecule has 0 aliphatic carbocycles. The quantitative estimate of drug-likeness (QED) is 0.0514. The van der Waals surface area contributed by atoms with Gasteiger partial charge in [-0.1, -0.05) is 218 Å². The number of ether oxygens (including phenoxy) is 5. The molecule has 0 amide bonds. The number of para-hydroxylation sites is 5. The number of hydrogen-bond donors (Lipinski definition) is 0. The summed E-state index contributed by atoms with van der Waals surface area (Å²) in [6, 6.07) is 101. The van der Waals surface area contributed by atoms with Gasteiger partial charge in [0.2, 0.25) is 49.1 Å². The van der Waals surface area contributed by atoms with E-state index in [2.05, 4.69) is 127 Å². The third-order valence-electron chi connectivity index (χ3n) is 19.5. The average molecular weight is 1570 g/mol. The van der Waals surface area contributed by atoms with Crippen LogP contribution in [-0.2, 0) is 52.6 Å². The minimum absolute atomic E-state index is 0.397. The summed E-state index contributed by atoms with van der Waals surface area (Å²) in [5.74, 6) is 5.87. The largest absolute Gasteiger partial charge is 0.493 e. The molecule has 25 heteroatoms. The Morgan fingerprint density at radius 2 is 0.597 bits per heavy atom. The summed E-state index contributed by atoms with van der Waals surface area (Å²) in [6.45, 7) is 5.73. The predicted molar refractivity (Wildman–Crippen MR) is 449 cm³/mol. The van der Waals surface area contributed by atoms with E-state index in [1.165, 1.54) is 25.6 Å². The molecule has 8 aromatic heterocycles. The van der Waals surface area contributed by atoms with Gasteiger partial charge in [-0.2, -0.15) is 20.4 Å². The summed E-state index contributed by atoms with van der Waals surface area (Å²) in [5.41, 5.74) is 17.0. The lowest BCUT2D eigenvalue weighted by Crippen LogP contribution is -2.02. The smallest absolute Gasteiger partial charge is 0.237 e. The van der Waals surface area contributed by atoms with Crippen molar-refractivity contribution in [2.24, 2.45) is 0 Å². The van der Waals surface area contributed by atoms with Crippen LogP contribution >= 0.6 is 0 Å². The van der Waals surface area contributed by atoms with E-state index < -0.39 is 0 Å². The molecule has 0 bridgehead atoms. The summed E-state index contributed by atoms with van der Waals surface area (Å²) in [4.78, 5) is 0.